The van der Waals surface area contributed by atoms with Gasteiger partial charge in [-0.1, -0.05) is 0 Å². The number of esters is 1. The molecule has 0 amide bonds. The van der Waals surface area contributed by atoms with E-state index in [1.165, 1.54) is 14.2 Å². The second kappa shape index (κ2) is 5.90. The molecule has 0 radical (unpaired) electrons. The third-order valence-electron chi connectivity index (χ3n) is 1.82. The van der Waals surface area contributed by atoms with Gasteiger partial charge in [0.05, 0.1) is 13.7 Å². The van der Waals surface area contributed by atoms with E-state index < -0.39 is 11.5 Å². The van der Waals surface area contributed by atoms with Crippen molar-refractivity contribution in [1.82, 2.24) is 0 Å². The Bertz CT molecular complexity index is 163. The molecule has 0 rings (SSSR count). The Morgan fingerprint density at radius 1 is 1.46 bits per heavy atom. The zero-order valence-corrected chi connectivity index (χ0v) is 8.21. The molecule has 0 unspecified atom stereocenters. The highest BCUT2D eigenvalue weighted by Crippen LogP contribution is 2.11. The van der Waals surface area contributed by atoms with E-state index in [1.54, 1.807) is 0 Å². The molecule has 5 nitrogen and oxygen atoms in total. The standard InChI is InChI=1S/C8H18N2O3/c1-12-6-8(10,4-3-5-9)7(11)13-2/h3-6,9-10H2,1-2H3/t8-/m0/s1. The third kappa shape index (κ3) is 3.71. The van der Waals surface area contributed by atoms with Gasteiger partial charge in [-0.3, -0.25) is 0 Å². The first-order chi connectivity index (χ1) is 6.10. The van der Waals surface area contributed by atoms with Gasteiger partial charge in [0.25, 0.3) is 0 Å². The van der Waals surface area contributed by atoms with Crippen molar-refractivity contribution in [3.05, 3.63) is 0 Å². The van der Waals surface area contributed by atoms with Crippen LogP contribution in [0, 0.1) is 0 Å². The van der Waals surface area contributed by atoms with Crippen LogP contribution in [0.1, 0.15) is 12.8 Å². The van der Waals surface area contributed by atoms with Gasteiger partial charge in [0.1, 0.15) is 5.54 Å². The average molecular weight is 190 g/mol. The molecular formula is C8H18N2O3. The van der Waals surface area contributed by atoms with E-state index >= 15 is 0 Å². The first-order valence-corrected chi connectivity index (χ1v) is 4.17. The highest BCUT2D eigenvalue weighted by Gasteiger charge is 2.34. The third-order valence-corrected chi connectivity index (χ3v) is 1.82. The van der Waals surface area contributed by atoms with Gasteiger partial charge in [-0.05, 0) is 19.4 Å². The van der Waals surface area contributed by atoms with Crippen molar-refractivity contribution in [1.29, 1.82) is 0 Å². The van der Waals surface area contributed by atoms with E-state index in [0.29, 0.717) is 19.4 Å². The molecule has 0 aromatic carbocycles. The van der Waals surface area contributed by atoms with Gasteiger partial charge in [0, 0.05) is 7.11 Å². The van der Waals surface area contributed by atoms with E-state index in [2.05, 4.69) is 4.74 Å². The van der Waals surface area contributed by atoms with Crippen molar-refractivity contribution >= 4 is 5.97 Å². The number of hydrogen-bond donors (Lipinski definition) is 2. The van der Waals surface area contributed by atoms with Crippen LogP contribution in [0.5, 0.6) is 0 Å². The van der Waals surface area contributed by atoms with Gasteiger partial charge in [0.15, 0.2) is 0 Å². The Balaban J connectivity index is 4.23. The summed E-state index contributed by atoms with van der Waals surface area (Å²) < 4.78 is 9.44. The first kappa shape index (κ1) is 12.3. The zero-order valence-electron chi connectivity index (χ0n) is 8.21. The lowest BCUT2D eigenvalue weighted by molar-refractivity contribution is -0.149. The number of carbonyl (C=O) groups excluding carboxylic acids is 1. The quantitative estimate of drug-likeness (QED) is 0.538. The summed E-state index contributed by atoms with van der Waals surface area (Å²) in [5, 5.41) is 0. The number of ether oxygens (including phenoxy) is 2. The number of hydrogen-bond acceptors (Lipinski definition) is 5. The van der Waals surface area contributed by atoms with Gasteiger partial charge in [0.2, 0.25) is 0 Å². The highest BCUT2D eigenvalue weighted by molar-refractivity contribution is 5.80. The molecule has 0 heterocycles. The number of methoxy groups -OCH3 is 2. The lowest BCUT2D eigenvalue weighted by Crippen LogP contribution is -2.52. The monoisotopic (exact) mass is 190 g/mol. The fraction of sp³-hybridized carbons (Fsp3) is 0.875. The molecule has 0 saturated carbocycles. The summed E-state index contributed by atoms with van der Waals surface area (Å²) in [4.78, 5) is 11.3. The predicted octanol–water partition coefficient (Wildman–Crippen LogP) is -0.758. The van der Waals surface area contributed by atoms with Crippen molar-refractivity contribution < 1.29 is 14.3 Å². The maximum absolute atomic E-state index is 11.3. The second-order valence-electron chi connectivity index (χ2n) is 2.97. The van der Waals surface area contributed by atoms with Crippen LogP contribution in [0.2, 0.25) is 0 Å². The van der Waals surface area contributed by atoms with Crippen molar-refractivity contribution in [2.75, 3.05) is 27.4 Å². The van der Waals surface area contributed by atoms with Crippen LogP contribution >= 0.6 is 0 Å². The van der Waals surface area contributed by atoms with E-state index in [9.17, 15) is 4.79 Å². The maximum Gasteiger partial charge on any atom is 0.328 e. The lowest BCUT2D eigenvalue weighted by Gasteiger charge is -2.25. The molecule has 0 aromatic rings. The molecule has 0 aliphatic heterocycles. The predicted molar refractivity (Wildman–Crippen MR) is 49.1 cm³/mol. The van der Waals surface area contributed by atoms with Gasteiger partial charge in [-0.15, -0.1) is 0 Å². The summed E-state index contributed by atoms with van der Waals surface area (Å²) in [5.74, 6) is -0.456. The van der Waals surface area contributed by atoms with Crippen LogP contribution in [0.15, 0.2) is 0 Å². The smallest absolute Gasteiger partial charge is 0.328 e. The Morgan fingerprint density at radius 2 is 2.08 bits per heavy atom. The Morgan fingerprint density at radius 3 is 2.46 bits per heavy atom. The Kier molecular flexibility index (Phi) is 5.61. The molecule has 0 saturated heterocycles. The van der Waals surface area contributed by atoms with Crippen LogP contribution < -0.4 is 11.5 Å². The molecule has 0 bridgehead atoms. The minimum atomic E-state index is -1.05. The topological polar surface area (TPSA) is 87.6 Å². The fourth-order valence-electron chi connectivity index (χ4n) is 1.11. The minimum absolute atomic E-state index is 0.152. The molecule has 5 heteroatoms. The Labute approximate surface area is 78.4 Å². The summed E-state index contributed by atoms with van der Waals surface area (Å²) in [6, 6.07) is 0. The van der Waals surface area contributed by atoms with Crippen molar-refractivity contribution in [3.8, 4) is 0 Å². The first-order valence-electron chi connectivity index (χ1n) is 4.17. The van der Waals surface area contributed by atoms with E-state index in [1.807, 2.05) is 0 Å². The molecule has 0 aliphatic rings. The maximum atomic E-state index is 11.3. The van der Waals surface area contributed by atoms with E-state index in [-0.39, 0.29) is 6.61 Å². The minimum Gasteiger partial charge on any atom is -0.468 e. The molecule has 0 spiro atoms. The molecule has 78 valence electrons. The molecule has 1 atom stereocenters. The highest BCUT2D eigenvalue weighted by atomic mass is 16.5. The molecule has 0 aromatic heterocycles. The van der Waals surface area contributed by atoms with Crippen LogP contribution in [0.25, 0.3) is 0 Å². The van der Waals surface area contributed by atoms with Gasteiger partial charge in [-0.2, -0.15) is 0 Å². The summed E-state index contributed by atoms with van der Waals surface area (Å²) >= 11 is 0. The largest absolute Gasteiger partial charge is 0.468 e. The van der Waals surface area contributed by atoms with Crippen LogP contribution in [0.4, 0.5) is 0 Å². The summed E-state index contributed by atoms with van der Waals surface area (Å²) in [6.45, 7) is 0.652. The van der Waals surface area contributed by atoms with Crippen LogP contribution in [-0.2, 0) is 14.3 Å². The number of nitrogens with two attached hydrogens (primary N) is 2. The molecule has 0 fully saturated rings. The summed E-state index contributed by atoms with van der Waals surface area (Å²) in [6.07, 6.45) is 1.15. The van der Waals surface area contributed by atoms with Gasteiger partial charge in [-0.25, -0.2) is 4.79 Å². The van der Waals surface area contributed by atoms with Crippen LogP contribution in [-0.4, -0.2) is 38.9 Å². The molecule has 13 heavy (non-hydrogen) atoms. The summed E-state index contributed by atoms with van der Waals surface area (Å²) in [7, 11) is 2.80. The molecular weight excluding hydrogens is 172 g/mol. The molecule has 4 N–H and O–H groups in total. The molecule has 0 aliphatic carbocycles. The Hall–Kier alpha value is -0.650. The van der Waals surface area contributed by atoms with Crippen molar-refractivity contribution in [2.24, 2.45) is 11.5 Å². The summed E-state index contributed by atoms with van der Waals surface area (Å²) in [5.41, 5.74) is 10.1. The van der Waals surface area contributed by atoms with Crippen LogP contribution in [0.3, 0.4) is 0 Å². The lowest BCUT2D eigenvalue weighted by atomic mass is 9.96. The van der Waals surface area contributed by atoms with Gasteiger partial charge >= 0.3 is 5.97 Å². The van der Waals surface area contributed by atoms with Crippen molar-refractivity contribution in [2.45, 2.75) is 18.4 Å². The SMILES string of the molecule is COC[C@@](N)(CCCN)C(=O)OC. The average Bonchev–Trinajstić information content (AvgIpc) is 2.14. The normalized spacial score (nSPS) is 15.1. The van der Waals surface area contributed by atoms with E-state index in [0.717, 1.165) is 0 Å². The zero-order chi connectivity index (χ0) is 10.3. The number of rotatable bonds is 6. The van der Waals surface area contributed by atoms with Crippen molar-refractivity contribution in [3.63, 3.8) is 0 Å². The number of carbonyl (C=O) groups is 1. The van der Waals surface area contributed by atoms with Gasteiger partial charge < -0.3 is 20.9 Å². The van der Waals surface area contributed by atoms with E-state index in [4.69, 9.17) is 16.2 Å². The second-order valence-corrected chi connectivity index (χ2v) is 2.97. The fourth-order valence-corrected chi connectivity index (χ4v) is 1.11.